The molecule has 1 aromatic rings. The van der Waals surface area contributed by atoms with Crippen LogP contribution in [0.1, 0.15) is 28.8 Å². The van der Waals surface area contributed by atoms with E-state index in [9.17, 15) is 14.0 Å². The van der Waals surface area contributed by atoms with E-state index in [1.165, 1.54) is 18.1 Å². The monoisotopic (exact) mass is 341 g/mol. The molecule has 106 valence electrons. The van der Waals surface area contributed by atoms with Gasteiger partial charge in [-0.3, -0.25) is 9.59 Å². The third-order valence-electron chi connectivity index (χ3n) is 4.04. The van der Waals surface area contributed by atoms with E-state index < -0.39 is 5.97 Å². The molecule has 1 aliphatic carbocycles. The number of hydrogen-bond acceptors (Lipinski definition) is 3. The fraction of sp³-hybridized carbons (Fsp3) is 0.429. The zero-order chi connectivity index (χ0) is 14.5. The van der Waals surface area contributed by atoms with E-state index in [4.69, 9.17) is 0 Å². The van der Waals surface area contributed by atoms with E-state index in [2.05, 4.69) is 20.7 Å². The second-order valence-corrected chi connectivity index (χ2v) is 6.16. The minimum atomic E-state index is -0.463. The number of rotatable bonds is 2. The molecule has 1 fully saturated rings. The molecule has 1 amide bonds. The van der Waals surface area contributed by atoms with Crippen LogP contribution in [0.4, 0.5) is 4.39 Å². The zero-order valence-electron chi connectivity index (χ0n) is 10.9. The Morgan fingerprint density at radius 2 is 2.20 bits per heavy atom. The van der Waals surface area contributed by atoms with Gasteiger partial charge in [-0.25, -0.2) is 4.39 Å². The average molecular weight is 342 g/mol. The van der Waals surface area contributed by atoms with Crippen molar-refractivity contribution in [3.63, 3.8) is 0 Å². The lowest BCUT2D eigenvalue weighted by atomic mass is 9.86. The first-order chi connectivity index (χ1) is 9.48. The SMILES string of the molecule is COC(=O)CN1CC2(CC2)c2c(ccc(Br)c2F)C1=O. The van der Waals surface area contributed by atoms with Crippen LogP contribution in [0.5, 0.6) is 0 Å². The molecular formula is C14H13BrFNO3. The van der Waals surface area contributed by atoms with Gasteiger partial charge in [-0.1, -0.05) is 0 Å². The molecule has 1 spiro atoms. The molecule has 1 saturated carbocycles. The number of carbonyl (C=O) groups is 2. The summed E-state index contributed by atoms with van der Waals surface area (Å²) < 4.78 is 19.3. The lowest BCUT2D eigenvalue weighted by Gasteiger charge is -2.34. The maximum atomic E-state index is 14.3. The van der Waals surface area contributed by atoms with Crippen LogP contribution in [-0.2, 0) is 14.9 Å². The van der Waals surface area contributed by atoms with Crippen LogP contribution < -0.4 is 0 Å². The Kier molecular flexibility index (Phi) is 3.08. The summed E-state index contributed by atoms with van der Waals surface area (Å²) in [5, 5.41) is 0. The van der Waals surface area contributed by atoms with Crippen molar-refractivity contribution in [2.24, 2.45) is 0 Å². The number of methoxy groups -OCH3 is 1. The predicted molar refractivity (Wildman–Crippen MR) is 72.9 cm³/mol. The molecule has 0 unspecified atom stereocenters. The van der Waals surface area contributed by atoms with Crippen molar-refractivity contribution in [1.82, 2.24) is 4.90 Å². The third-order valence-corrected chi connectivity index (χ3v) is 4.65. The molecule has 20 heavy (non-hydrogen) atoms. The smallest absolute Gasteiger partial charge is 0.325 e. The highest BCUT2D eigenvalue weighted by molar-refractivity contribution is 9.10. The minimum Gasteiger partial charge on any atom is -0.468 e. The van der Waals surface area contributed by atoms with Gasteiger partial charge in [-0.05, 0) is 40.9 Å². The largest absolute Gasteiger partial charge is 0.468 e. The average Bonchev–Trinajstić information content (AvgIpc) is 3.19. The van der Waals surface area contributed by atoms with E-state index in [-0.39, 0.29) is 23.7 Å². The quantitative estimate of drug-likeness (QED) is 0.775. The van der Waals surface area contributed by atoms with Gasteiger partial charge < -0.3 is 9.64 Å². The van der Waals surface area contributed by atoms with Crippen LogP contribution in [-0.4, -0.2) is 37.0 Å². The van der Waals surface area contributed by atoms with E-state index >= 15 is 0 Å². The Morgan fingerprint density at radius 1 is 1.50 bits per heavy atom. The van der Waals surface area contributed by atoms with Gasteiger partial charge in [0.25, 0.3) is 5.91 Å². The third kappa shape index (κ3) is 1.93. The van der Waals surface area contributed by atoms with Gasteiger partial charge in [0.15, 0.2) is 0 Å². The Bertz CT molecular complexity index is 613. The van der Waals surface area contributed by atoms with Crippen LogP contribution in [0.15, 0.2) is 16.6 Å². The summed E-state index contributed by atoms with van der Waals surface area (Å²) in [5.41, 5.74) is 0.529. The second kappa shape index (κ2) is 4.55. The number of fused-ring (bicyclic) bond motifs is 2. The molecule has 0 N–H and O–H groups in total. The fourth-order valence-corrected chi connectivity index (χ4v) is 3.17. The van der Waals surface area contributed by atoms with Crippen LogP contribution in [0, 0.1) is 5.82 Å². The molecule has 0 aromatic heterocycles. The number of nitrogens with zero attached hydrogens (tertiary/aromatic N) is 1. The number of halogens is 2. The number of hydrogen-bond donors (Lipinski definition) is 0. The van der Waals surface area contributed by atoms with Gasteiger partial charge in [0.05, 0.1) is 11.6 Å². The first-order valence-electron chi connectivity index (χ1n) is 6.33. The van der Waals surface area contributed by atoms with E-state index in [0.29, 0.717) is 22.1 Å². The van der Waals surface area contributed by atoms with E-state index in [1.54, 1.807) is 6.07 Å². The fourth-order valence-electron chi connectivity index (χ4n) is 2.84. The van der Waals surface area contributed by atoms with E-state index in [0.717, 1.165) is 12.8 Å². The van der Waals surface area contributed by atoms with Crippen molar-refractivity contribution in [2.45, 2.75) is 18.3 Å². The Hall–Kier alpha value is -1.43. The minimum absolute atomic E-state index is 0.0891. The van der Waals surface area contributed by atoms with Gasteiger partial charge >= 0.3 is 5.97 Å². The molecular weight excluding hydrogens is 329 g/mol. The Morgan fingerprint density at radius 3 is 2.80 bits per heavy atom. The highest BCUT2D eigenvalue weighted by atomic mass is 79.9. The topological polar surface area (TPSA) is 46.6 Å². The lowest BCUT2D eigenvalue weighted by molar-refractivity contribution is -0.141. The maximum Gasteiger partial charge on any atom is 0.325 e. The summed E-state index contributed by atoms with van der Waals surface area (Å²) in [6, 6.07) is 3.15. The van der Waals surface area contributed by atoms with Crippen molar-refractivity contribution in [3.8, 4) is 0 Å². The summed E-state index contributed by atoms with van der Waals surface area (Å²) >= 11 is 3.17. The number of benzene rings is 1. The van der Waals surface area contributed by atoms with Crippen LogP contribution in [0.2, 0.25) is 0 Å². The lowest BCUT2D eigenvalue weighted by Crippen LogP contribution is -2.46. The Balaban J connectivity index is 2.04. The maximum absolute atomic E-state index is 14.3. The summed E-state index contributed by atoms with van der Waals surface area (Å²) in [6.07, 6.45) is 1.66. The molecule has 3 rings (SSSR count). The van der Waals surface area contributed by atoms with Gasteiger partial charge in [0.2, 0.25) is 0 Å². The molecule has 1 aromatic carbocycles. The summed E-state index contributed by atoms with van der Waals surface area (Å²) in [7, 11) is 1.29. The van der Waals surface area contributed by atoms with Crippen molar-refractivity contribution in [2.75, 3.05) is 20.2 Å². The van der Waals surface area contributed by atoms with Gasteiger partial charge in [-0.15, -0.1) is 0 Å². The first kappa shape index (κ1) is 13.5. The normalized spacial score (nSPS) is 18.9. The standard InChI is InChI=1S/C14H13BrFNO3/c1-20-10(18)6-17-7-14(4-5-14)11-8(13(17)19)2-3-9(15)12(11)16/h2-3H,4-7H2,1H3. The summed E-state index contributed by atoms with van der Waals surface area (Å²) in [5.74, 6) is -1.13. The van der Waals surface area contributed by atoms with Crippen molar-refractivity contribution >= 4 is 27.8 Å². The van der Waals surface area contributed by atoms with Crippen molar-refractivity contribution in [1.29, 1.82) is 0 Å². The number of esters is 1. The van der Waals surface area contributed by atoms with Crippen molar-refractivity contribution < 1.29 is 18.7 Å². The molecule has 0 bridgehead atoms. The predicted octanol–water partition coefficient (Wildman–Crippen LogP) is 2.25. The molecule has 1 heterocycles. The highest BCUT2D eigenvalue weighted by Gasteiger charge is 2.53. The Labute approximate surface area is 124 Å². The molecule has 0 saturated heterocycles. The number of ether oxygens (including phenoxy) is 1. The first-order valence-corrected chi connectivity index (χ1v) is 7.12. The molecule has 4 nitrogen and oxygen atoms in total. The van der Waals surface area contributed by atoms with Gasteiger partial charge in [-0.2, -0.15) is 0 Å². The van der Waals surface area contributed by atoms with Crippen LogP contribution in [0.3, 0.4) is 0 Å². The summed E-state index contributed by atoms with van der Waals surface area (Å²) in [4.78, 5) is 25.2. The molecule has 1 aliphatic heterocycles. The van der Waals surface area contributed by atoms with Crippen LogP contribution >= 0.6 is 15.9 Å². The highest BCUT2D eigenvalue weighted by Crippen LogP contribution is 2.53. The van der Waals surface area contributed by atoms with Gasteiger partial charge in [0.1, 0.15) is 12.4 Å². The molecule has 0 radical (unpaired) electrons. The molecule has 2 aliphatic rings. The number of amides is 1. The number of carbonyl (C=O) groups excluding carboxylic acids is 2. The second-order valence-electron chi connectivity index (χ2n) is 5.30. The van der Waals surface area contributed by atoms with E-state index in [1.807, 2.05) is 0 Å². The zero-order valence-corrected chi connectivity index (χ0v) is 12.5. The molecule has 6 heteroatoms. The summed E-state index contributed by atoms with van der Waals surface area (Å²) in [6.45, 7) is 0.287. The molecule has 0 atom stereocenters. The van der Waals surface area contributed by atoms with Crippen LogP contribution in [0.25, 0.3) is 0 Å². The van der Waals surface area contributed by atoms with Crippen molar-refractivity contribution in [3.05, 3.63) is 33.5 Å². The van der Waals surface area contributed by atoms with Gasteiger partial charge in [0, 0.05) is 23.1 Å².